The smallest absolute Gasteiger partial charge is 0.339 e. The van der Waals surface area contributed by atoms with Gasteiger partial charge in [0.15, 0.2) is 6.10 Å². The van der Waals surface area contributed by atoms with Crippen molar-refractivity contribution < 1.29 is 23.5 Å². The third-order valence-electron chi connectivity index (χ3n) is 3.74. The lowest BCUT2D eigenvalue weighted by Crippen LogP contribution is -2.25. The molecule has 0 saturated heterocycles. The number of carbonyl (C=O) groups excluding carboxylic acids is 3. The van der Waals surface area contributed by atoms with Gasteiger partial charge in [0, 0.05) is 24.6 Å². The van der Waals surface area contributed by atoms with Gasteiger partial charge in [-0.3, -0.25) is 9.59 Å². The molecule has 2 rings (SSSR count). The number of halogens is 1. The lowest BCUT2D eigenvalue weighted by atomic mass is 10.1. The minimum absolute atomic E-state index is 0.0805. The Morgan fingerprint density at radius 2 is 1.70 bits per heavy atom. The fourth-order valence-electron chi connectivity index (χ4n) is 2.16. The monoisotopic (exact) mass is 389 g/mol. The van der Waals surface area contributed by atoms with E-state index in [0.29, 0.717) is 4.90 Å². The van der Waals surface area contributed by atoms with Crippen molar-refractivity contribution in [1.82, 2.24) is 4.90 Å². The van der Waals surface area contributed by atoms with Gasteiger partial charge in [-0.15, -0.1) is 11.8 Å². The fraction of sp³-hybridized carbons (Fsp3) is 0.250. The normalized spacial score (nSPS) is 11.6. The number of thioether (sulfide) groups is 1. The standard InChI is InChI=1S/C20H20FNO4S/c1-13(19(24)14-8-10-15(21)11-9-14)26-20(25)16-6-4-5-7-17(16)27-12-18(23)22(2)3/h4-11,13H,12H2,1-3H3/t13-/m1/s1. The van der Waals surface area contributed by atoms with E-state index in [2.05, 4.69) is 0 Å². The van der Waals surface area contributed by atoms with Crippen LogP contribution in [0.4, 0.5) is 4.39 Å². The van der Waals surface area contributed by atoms with Gasteiger partial charge in [-0.2, -0.15) is 0 Å². The second kappa shape index (κ2) is 9.32. The number of Topliss-reactive ketones (excluding diaryl/α,β-unsaturated/α-hetero) is 1. The first-order valence-corrected chi connectivity index (χ1v) is 9.21. The van der Waals surface area contributed by atoms with Gasteiger partial charge >= 0.3 is 5.97 Å². The summed E-state index contributed by atoms with van der Waals surface area (Å²) < 4.78 is 18.3. The summed E-state index contributed by atoms with van der Waals surface area (Å²) >= 11 is 1.23. The summed E-state index contributed by atoms with van der Waals surface area (Å²) in [6, 6.07) is 11.8. The molecule has 5 nitrogen and oxygen atoms in total. The number of ether oxygens (including phenoxy) is 1. The highest BCUT2D eigenvalue weighted by Crippen LogP contribution is 2.24. The van der Waals surface area contributed by atoms with Crippen molar-refractivity contribution in [3.8, 4) is 0 Å². The highest BCUT2D eigenvalue weighted by molar-refractivity contribution is 8.00. The molecule has 0 spiro atoms. The van der Waals surface area contributed by atoms with Crippen molar-refractivity contribution in [3.63, 3.8) is 0 Å². The highest BCUT2D eigenvalue weighted by atomic mass is 32.2. The number of ketones is 1. The van der Waals surface area contributed by atoms with E-state index in [-0.39, 0.29) is 22.8 Å². The highest BCUT2D eigenvalue weighted by Gasteiger charge is 2.22. The Morgan fingerprint density at radius 3 is 2.33 bits per heavy atom. The van der Waals surface area contributed by atoms with Gasteiger partial charge in [-0.1, -0.05) is 12.1 Å². The fourth-order valence-corrected chi connectivity index (χ4v) is 3.17. The molecule has 0 N–H and O–H groups in total. The van der Waals surface area contributed by atoms with Crippen molar-refractivity contribution in [2.45, 2.75) is 17.9 Å². The summed E-state index contributed by atoms with van der Waals surface area (Å²) in [4.78, 5) is 38.7. The number of nitrogens with zero attached hydrogens (tertiary/aromatic N) is 1. The molecule has 0 aromatic heterocycles. The Kier molecular flexibility index (Phi) is 7.12. The van der Waals surface area contributed by atoms with Gasteiger partial charge in [-0.05, 0) is 43.3 Å². The molecule has 1 atom stereocenters. The maximum atomic E-state index is 13.0. The molecule has 0 fully saturated rings. The van der Waals surface area contributed by atoms with E-state index in [1.165, 1.54) is 47.9 Å². The molecule has 0 unspecified atom stereocenters. The predicted molar refractivity (Wildman–Crippen MR) is 101 cm³/mol. The van der Waals surface area contributed by atoms with E-state index >= 15 is 0 Å². The largest absolute Gasteiger partial charge is 0.451 e. The van der Waals surface area contributed by atoms with Crippen LogP contribution in [0.15, 0.2) is 53.4 Å². The molecule has 2 aromatic rings. The molecular weight excluding hydrogens is 369 g/mol. The maximum Gasteiger partial charge on any atom is 0.339 e. The molecule has 0 saturated carbocycles. The van der Waals surface area contributed by atoms with Crippen molar-refractivity contribution in [1.29, 1.82) is 0 Å². The summed E-state index contributed by atoms with van der Waals surface area (Å²) in [5.41, 5.74) is 0.545. The zero-order valence-electron chi connectivity index (χ0n) is 15.3. The minimum atomic E-state index is -1.02. The summed E-state index contributed by atoms with van der Waals surface area (Å²) in [7, 11) is 3.32. The van der Waals surface area contributed by atoms with Gasteiger partial charge in [-0.25, -0.2) is 9.18 Å². The molecule has 0 heterocycles. The average Bonchev–Trinajstić information content (AvgIpc) is 2.66. The quantitative estimate of drug-likeness (QED) is 0.412. The van der Waals surface area contributed by atoms with Crippen molar-refractivity contribution in [2.75, 3.05) is 19.8 Å². The van der Waals surface area contributed by atoms with Crippen LogP contribution >= 0.6 is 11.8 Å². The first-order chi connectivity index (χ1) is 12.8. The number of rotatable bonds is 7. The topological polar surface area (TPSA) is 63.7 Å². The SMILES string of the molecule is C[C@@H](OC(=O)c1ccccc1SCC(=O)N(C)C)C(=O)c1ccc(F)cc1. The number of carbonyl (C=O) groups is 3. The molecule has 0 aliphatic heterocycles. The zero-order chi connectivity index (χ0) is 20.0. The van der Waals surface area contributed by atoms with Gasteiger partial charge in [0.1, 0.15) is 5.82 Å². The third-order valence-corrected chi connectivity index (χ3v) is 4.80. The van der Waals surface area contributed by atoms with Crippen LogP contribution in [0.2, 0.25) is 0 Å². The van der Waals surface area contributed by atoms with Gasteiger partial charge < -0.3 is 9.64 Å². The van der Waals surface area contributed by atoms with Crippen LogP contribution in [-0.2, 0) is 9.53 Å². The molecular formula is C20H20FNO4S. The van der Waals surface area contributed by atoms with E-state index in [1.54, 1.807) is 38.4 Å². The van der Waals surface area contributed by atoms with Crippen molar-refractivity contribution in [2.24, 2.45) is 0 Å². The van der Waals surface area contributed by atoms with E-state index in [9.17, 15) is 18.8 Å². The molecule has 0 aliphatic carbocycles. The summed E-state index contributed by atoms with van der Waals surface area (Å²) in [6.45, 7) is 1.47. The number of hydrogen-bond donors (Lipinski definition) is 0. The van der Waals surface area contributed by atoms with E-state index in [1.807, 2.05) is 0 Å². The molecule has 7 heteroatoms. The van der Waals surface area contributed by atoms with Crippen LogP contribution in [0.3, 0.4) is 0 Å². The van der Waals surface area contributed by atoms with E-state index < -0.39 is 23.7 Å². The third kappa shape index (κ3) is 5.65. The van der Waals surface area contributed by atoms with E-state index in [0.717, 1.165) is 0 Å². The first kappa shape index (κ1) is 20.6. The van der Waals surface area contributed by atoms with Crippen LogP contribution in [0.1, 0.15) is 27.6 Å². The lowest BCUT2D eigenvalue weighted by Gasteiger charge is -2.15. The van der Waals surface area contributed by atoms with Gasteiger partial charge in [0.25, 0.3) is 0 Å². The number of esters is 1. The summed E-state index contributed by atoms with van der Waals surface area (Å²) in [5, 5.41) is 0. The summed E-state index contributed by atoms with van der Waals surface area (Å²) in [6.07, 6.45) is -1.02. The first-order valence-electron chi connectivity index (χ1n) is 8.22. The Hall–Kier alpha value is -2.67. The second-order valence-corrected chi connectivity index (χ2v) is 7.01. The Balaban J connectivity index is 2.07. The van der Waals surface area contributed by atoms with Crippen LogP contribution < -0.4 is 0 Å². The molecule has 0 radical (unpaired) electrons. The second-order valence-electron chi connectivity index (χ2n) is 5.99. The molecule has 142 valence electrons. The molecule has 0 aliphatic rings. The predicted octanol–water partition coefficient (Wildman–Crippen LogP) is 3.43. The Labute approximate surface area is 161 Å². The molecule has 0 bridgehead atoms. The van der Waals surface area contributed by atoms with Crippen LogP contribution in [0.5, 0.6) is 0 Å². The number of hydrogen-bond acceptors (Lipinski definition) is 5. The van der Waals surface area contributed by atoms with Crippen LogP contribution in [0, 0.1) is 5.82 Å². The van der Waals surface area contributed by atoms with Gasteiger partial charge in [0.2, 0.25) is 11.7 Å². The van der Waals surface area contributed by atoms with E-state index in [4.69, 9.17) is 4.74 Å². The van der Waals surface area contributed by atoms with Crippen LogP contribution in [0.25, 0.3) is 0 Å². The minimum Gasteiger partial charge on any atom is -0.451 e. The molecule has 27 heavy (non-hydrogen) atoms. The Bertz CT molecular complexity index is 836. The molecule has 1 amide bonds. The van der Waals surface area contributed by atoms with Crippen molar-refractivity contribution in [3.05, 3.63) is 65.5 Å². The maximum absolute atomic E-state index is 13.0. The zero-order valence-corrected chi connectivity index (χ0v) is 16.1. The van der Waals surface area contributed by atoms with Gasteiger partial charge in [0.05, 0.1) is 11.3 Å². The molecule has 2 aromatic carbocycles. The van der Waals surface area contributed by atoms with Crippen molar-refractivity contribution >= 4 is 29.4 Å². The van der Waals surface area contributed by atoms with Crippen LogP contribution in [-0.4, -0.2) is 48.5 Å². The summed E-state index contributed by atoms with van der Waals surface area (Å²) in [5.74, 6) is -1.42. The lowest BCUT2D eigenvalue weighted by molar-refractivity contribution is -0.125. The number of amides is 1. The number of benzene rings is 2. The average molecular weight is 389 g/mol. The Morgan fingerprint density at radius 1 is 1.07 bits per heavy atom.